The minimum atomic E-state index is -0.115. The predicted octanol–water partition coefficient (Wildman–Crippen LogP) is 3.71. The summed E-state index contributed by atoms with van der Waals surface area (Å²) in [7, 11) is 3.44. The van der Waals surface area contributed by atoms with Gasteiger partial charge < -0.3 is 19.4 Å². The maximum atomic E-state index is 12.7. The summed E-state index contributed by atoms with van der Waals surface area (Å²) in [6.45, 7) is 5.70. The Hall–Kier alpha value is -3.06. The van der Waals surface area contributed by atoms with Crippen LogP contribution in [0, 0.1) is 0 Å². The van der Waals surface area contributed by atoms with Crippen LogP contribution in [0.5, 0.6) is 5.75 Å². The van der Waals surface area contributed by atoms with E-state index >= 15 is 0 Å². The third-order valence-electron chi connectivity index (χ3n) is 5.75. The van der Waals surface area contributed by atoms with Crippen molar-refractivity contribution in [2.75, 3.05) is 56.7 Å². The minimum Gasteiger partial charge on any atom is -0.495 e. The van der Waals surface area contributed by atoms with Gasteiger partial charge in [0, 0.05) is 55.6 Å². The highest BCUT2D eigenvalue weighted by molar-refractivity contribution is 6.31. The second kappa shape index (κ2) is 8.98. The van der Waals surface area contributed by atoms with Crippen LogP contribution in [0.4, 0.5) is 11.5 Å². The Kier molecular flexibility index (Phi) is 6.13. The smallest absolute Gasteiger partial charge is 0.274 e. The van der Waals surface area contributed by atoms with Crippen LogP contribution in [0.25, 0.3) is 10.8 Å². The Balaban J connectivity index is 1.60. The average Bonchev–Trinajstić information content (AvgIpc) is 2.82. The van der Waals surface area contributed by atoms with Gasteiger partial charge in [0.15, 0.2) is 11.5 Å². The molecule has 2 aromatic carbocycles. The molecule has 1 fully saturated rings. The highest BCUT2D eigenvalue weighted by Gasteiger charge is 2.24. The second-order valence-electron chi connectivity index (χ2n) is 7.53. The van der Waals surface area contributed by atoms with Gasteiger partial charge in [-0.1, -0.05) is 35.9 Å². The summed E-state index contributed by atoms with van der Waals surface area (Å²) in [5.41, 5.74) is 1.39. The number of nitrogens with zero attached hydrogens (tertiary/aromatic N) is 5. The quantitative estimate of drug-likeness (QED) is 0.604. The molecule has 31 heavy (non-hydrogen) atoms. The number of anilines is 2. The van der Waals surface area contributed by atoms with Crippen LogP contribution < -0.4 is 14.5 Å². The van der Waals surface area contributed by atoms with E-state index in [1.807, 2.05) is 49.4 Å². The van der Waals surface area contributed by atoms with E-state index in [2.05, 4.69) is 20.0 Å². The van der Waals surface area contributed by atoms with Crippen molar-refractivity contribution in [3.05, 3.63) is 53.2 Å². The number of carbonyl (C=O) groups excluding carboxylic acids is 1. The first-order chi connectivity index (χ1) is 15.0. The van der Waals surface area contributed by atoms with E-state index < -0.39 is 0 Å². The van der Waals surface area contributed by atoms with Crippen LogP contribution in [-0.2, 0) is 0 Å². The SMILES string of the molecule is CCN(C)C(=O)c1nnc(N2CCN(c3cc(Cl)ccc3OC)CC2)c2ccccc12. The van der Waals surface area contributed by atoms with E-state index in [-0.39, 0.29) is 5.91 Å². The number of ether oxygens (including phenoxy) is 1. The van der Waals surface area contributed by atoms with Crippen molar-refractivity contribution in [3.8, 4) is 5.75 Å². The van der Waals surface area contributed by atoms with Gasteiger partial charge in [-0.05, 0) is 25.1 Å². The molecule has 1 saturated heterocycles. The molecule has 0 saturated carbocycles. The first-order valence-corrected chi connectivity index (χ1v) is 10.8. The molecule has 0 spiro atoms. The van der Waals surface area contributed by atoms with Crippen molar-refractivity contribution in [3.63, 3.8) is 0 Å². The van der Waals surface area contributed by atoms with Crippen molar-refractivity contribution >= 4 is 39.8 Å². The normalized spacial score (nSPS) is 14.1. The molecule has 0 radical (unpaired) electrons. The molecule has 2 heterocycles. The Morgan fingerprint density at radius 1 is 1.06 bits per heavy atom. The van der Waals surface area contributed by atoms with Gasteiger partial charge >= 0.3 is 0 Å². The summed E-state index contributed by atoms with van der Waals surface area (Å²) in [6.07, 6.45) is 0. The monoisotopic (exact) mass is 439 g/mol. The lowest BCUT2D eigenvalue weighted by Gasteiger charge is -2.37. The summed E-state index contributed by atoms with van der Waals surface area (Å²) >= 11 is 6.21. The minimum absolute atomic E-state index is 0.115. The number of amides is 1. The maximum Gasteiger partial charge on any atom is 0.274 e. The number of piperazine rings is 1. The standard InChI is InChI=1S/C23H26ClN5O2/c1-4-27(2)23(30)21-17-7-5-6-8-18(17)22(26-25-21)29-13-11-28(12-14-29)19-15-16(24)9-10-20(19)31-3/h5-10,15H,4,11-14H2,1-3H3. The molecule has 0 N–H and O–H groups in total. The molecule has 1 amide bonds. The van der Waals surface area contributed by atoms with Crippen LogP contribution >= 0.6 is 11.6 Å². The summed E-state index contributed by atoms with van der Waals surface area (Å²) < 4.78 is 5.51. The number of halogens is 1. The van der Waals surface area contributed by atoms with Gasteiger partial charge in [-0.25, -0.2) is 0 Å². The zero-order valence-corrected chi connectivity index (χ0v) is 18.8. The molecule has 0 unspecified atom stereocenters. The fourth-order valence-corrected chi connectivity index (χ4v) is 4.04. The molecule has 4 rings (SSSR count). The van der Waals surface area contributed by atoms with E-state index in [1.165, 1.54) is 0 Å². The third-order valence-corrected chi connectivity index (χ3v) is 5.99. The molecule has 7 nitrogen and oxygen atoms in total. The number of benzene rings is 2. The summed E-state index contributed by atoms with van der Waals surface area (Å²) in [6, 6.07) is 13.5. The van der Waals surface area contributed by atoms with Crippen LogP contribution in [0.1, 0.15) is 17.4 Å². The zero-order valence-electron chi connectivity index (χ0n) is 18.0. The van der Waals surface area contributed by atoms with E-state index in [0.717, 1.165) is 54.2 Å². The van der Waals surface area contributed by atoms with Crippen molar-refractivity contribution in [1.29, 1.82) is 0 Å². The van der Waals surface area contributed by atoms with Gasteiger partial charge in [-0.3, -0.25) is 4.79 Å². The summed E-state index contributed by atoms with van der Waals surface area (Å²) in [4.78, 5) is 18.9. The predicted molar refractivity (Wildman–Crippen MR) is 125 cm³/mol. The number of hydrogen-bond donors (Lipinski definition) is 0. The molecule has 1 aromatic heterocycles. The Labute approximate surface area is 187 Å². The summed E-state index contributed by atoms with van der Waals surface area (Å²) in [5, 5.41) is 11.3. The van der Waals surface area contributed by atoms with E-state index in [1.54, 1.807) is 19.1 Å². The number of carbonyl (C=O) groups is 1. The highest BCUT2D eigenvalue weighted by atomic mass is 35.5. The molecule has 8 heteroatoms. The molecule has 0 atom stereocenters. The van der Waals surface area contributed by atoms with Crippen molar-refractivity contribution in [2.45, 2.75) is 6.92 Å². The van der Waals surface area contributed by atoms with Gasteiger partial charge in [0.1, 0.15) is 5.75 Å². The van der Waals surface area contributed by atoms with Gasteiger partial charge in [-0.15, -0.1) is 10.2 Å². The number of methoxy groups -OCH3 is 1. The molecule has 0 aliphatic carbocycles. The van der Waals surface area contributed by atoms with Crippen LogP contribution in [-0.4, -0.2) is 67.9 Å². The van der Waals surface area contributed by atoms with Gasteiger partial charge in [0.25, 0.3) is 5.91 Å². The fraction of sp³-hybridized carbons (Fsp3) is 0.348. The number of fused-ring (bicyclic) bond motifs is 1. The fourth-order valence-electron chi connectivity index (χ4n) is 3.88. The maximum absolute atomic E-state index is 12.7. The molecule has 1 aliphatic rings. The number of rotatable bonds is 5. The molecular formula is C23H26ClN5O2. The van der Waals surface area contributed by atoms with E-state index in [9.17, 15) is 4.79 Å². The van der Waals surface area contributed by atoms with Crippen LogP contribution in [0.15, 0.2) is 42.5 Å². The molecule has 3 aromatic rings. The second-order valence-corrected chi connectivity index (χ2v) is 7.96. The molecule has 162 valence electrons. The van der Waals surface area contributed by atoms with Crippen LogP contribution in [0.2, 0.25) is 5.02 Å². The highest BCUT2D eigenvalue weighted by Crippen LogP contribution is 2.33. The lowest BCUT2D eigenvalue weighted by atomic mass is 10.1. The van der Waals surface area contributed by atoms with E-state index in [4.69, 9.17) is 16.3 Å². The Bertz CT molecular complexity index is 1100. The summed E-state index contributed by atoms with van der Waals surface area (Å²) in [5.74, 6) is 1.51. The van der Waals surface area contributed by atoms with Gasteiger partial charge in [0.2, 0.25) is 0 Å². The third kappa shape index (κ3) is 4.10. The van der Waals surface area contributed by atoms with Gasteiger partial charge in [0.05, 0.1) is 12.8 Å². The van der Waals surface area contributed by atoms with Crippen LogP contribution in [0.3, 0.4) is 0 Å². The lowest BCUT2D eigenvalue weighted by molar-refractivity contribution is 0.0797. The zero-order chi connectivity index (χ0) is 22.0. The average molecular weight is 440 g/mol. The molecule has 0 bridgehead atoms. The van der Waals surface area contributed by atoms with Crippen molar-refractivity contribution in [2.24, 2.45) is 0 Å². The number of hydrogen-bond acceptors (Lipinski definition) is 6. The largest absolute Gasteiger partial charge is 0.495 e. The first kappa shape index (κ1) is 21.2. The Morgan fingerprint density at radius 3 is 2.42 bits per heavy atom. The lowest BCUT2D eigenvalue weighted by Crippen LogP contribution is -2.47. The first-order valence-electron chi connectivity index (χ1n) is 10.4. The van der Waals surface area contributed by atoms with Crippen molar-refractivity contribution < 1.29 is 9.53 Å². The van der Waals surface area contributed by atoms with Crippen molar-refractivity contribution in [1.82, 2.24) is 15.1 Å². The van der Waals surface area contributed by atoms with Gasteiger partial charge in [-0.2, -0.15) is 0 Å². The Morgan fingerprint density at radius 2 is 1.74 bits per heavy atom. The molecular weight excluding hydrogens is 414 g/mol. The van der Waals surface area contributed by atoms with E-state index in [0.29, 0.717) is 17.3 Å². The topological polar surface area (TPSA) is 61.8 Å². The number of aromatic nitrogens is 2. The molecule has 1 aliphatic heterocycles.